The van der Waals surface area contributed by atoms with E-state index in [-0.39, 0.29) is 29.7 Å². The largest absolute Gasteiger partial charge is 0.507 e. The van der Waals surface area contributed by atoms with E-state index in [1.54, 1.807) is 36.4 Å². The fourth-order valence-corrected chi connectivity index (χ4v) is 2.98. The maximum Gasteiger partial charge on any atom is 0.157 e. The molecule has 7 nitrogen and oxygen atoms in total. The number of ether oxygens (including phenoxy) is 1. The van der Waals surface area contributed by atoms with Crippen molar-refractivity contribution < 1.29 is 19.7 Å². The van der Waals surface area contributed by atoms with Gasteiger partial charge < -0.3 is 19.8 Å². The number of phenols is 1. The Morgan fingerprint density at radius 3 is 2.81 bits per heavy atom. The number of aromatic nitrogens is 2. The van der Waals surface area contributed by atoms with Gasteiger partial charge in [-0.2, -0.15) is 5.10 Å². The molecule has 2 heterocycles. The maximum absolute atomic E-state index is 11.2. The molecule has 1 aromatic carbocycles. The van der Waals surface area contributed by atoms with Crippen LogP contribution in [0.4, 0.5) is 0 Å². The number of aldehydes is 1. The van der Waals surface area contributed by atoms with E-state index < -0.39 is 6.23 Å². The summed E-state index contributed by atoms with van der Waals surface area (Å²) in [7, 11) is 1.79. The van der Waals surface area contributed by atoms with Crippen molar-refractivity contribution in [2.75, 3.05) is 13.7 Å². The van der Waals surface area contributed by atoms with Crippen LogP contribution in [0.3, 0.4) is 0 Å². The smallest absolute Gasteiger partial charge is 0.157 e. The molecule has 1 aliphatic heterocycles. The molecule has 0 bridgehead atoms. The minimum Gasteiger partial charge on any atom is -0.507 e. The Labute approximate surface area is 157 Å². The number of aromatic hydroxyl groups is 1. The summed E-state index contributed by atoms with van der Waals surface area (Å²) >= 11 is 0. The fourth-order valence-electron chi connectivity index (χ4n) is 2.98. The molecule has 0 fully saturated rings. The average Bonchev–Trinajstić information content (AvgIpc) is 3.12. The van der Waals surface area contributed by atoms with Crippen LogP contribution in [0, 0.1) is 0 Å². The van der Waals surface area contributed by atoms with Crippen LogP contribution in [0.5, 0.6) is 11.5 Å². The molecule has 27 heavy (non-hydrogen) atoms. The van der Waals surface area contributed by atoms with Gasteiger partial charge in [0.2, 0.25) is 0 Å². The lowest BCUT2D eigenvalue weighted by Crippen LogP contribution is -2.30. The quantitative estimate of drug-likeness (QED) is 0.761. The Balaban J connectivity index is 1.92. The number of phenolic OH excluding ortho intramolecular Hbond substituents is 1. The van der Waals surface area contributed by atoms with E-state index in [9.17, 15) is 15.0 Å². The van der Waals surface area contributed by atoms with Crippen LogP contribution >= 0.6 is 0 Å². The minimum absolute atomic E-state index is 0.101. The first-order valence-electron chi connectivity index (χ1n) is 8.69. The first-order valence-corrected chi connectivity index (χ1v) is 8.69. The highest BCUT2D eigenvalue weighted by Gasteiger charge is 2.23. The van der Waals surface area contributed by atoms with Crippen molar-refractivity contribution in [3.63, 3.8) is 0 Å². The number of aliphatic hydroxyl groups is 1. The van der Waals surface area contributed by atoms with E-state index in [4.69, 9.17) is 4.74 Å². The zero-order chi connectivity index (χ0) is 19.6. The zero-order valence-electron chi connectivity index (χ0n) is 15.5. The molecular weight excluding hydrogens is 346 g/mol. The molecule has 2 aromatic rings. The van der Waals surface area contributed by atoms with E-state index in [1.165, 1.54) is 6.07 Å². The molecule has 7 heteroatoms. The summed E-state index contributed by atoms with van der Waals surface area (Å²) in [6.45, 7) is 4.22. The monoisotopic (exact) mass is 369 g/mol. The molecule has 0 aliphatic carbocycles. The number of hydrogen-bond donors (Lipinski definition) is 2. The highest BCUT2D eigenvalue weighted by Crippen LogP contribution is 2.31. The lowest BCUT2D eigenvalue weighted by molar-refractivity contribution is 0.0961. The normalized spacial score (nSPS) is 16.9. The number of hydrogen-bond acceptors (Lipinski definition) is 6. The van der Waals surface area contributed by atoms with Gasteiger partial charge in [0, 0.05) is 36.6 Å². The summed E-state index contributed by atoms with van der Waals surface area (Å²) in [4.78, 5) is 12.9. The summed E-state index contributed by atoms with van der Waals surface area (Å²) in [5, 5.41) is 24.4. The first kappa shape index (κ1) is 18.7. The Bertz CT molecular complexity index is 898. The second kappa shape index (κ2) is 7.67. The third-order valence-corrected chi connectivity index (χ3v) is 4.43. The van der Waals surface area contributed by atoms with Gasteiger partial charge in [-0.15, -0.1) is 0 Å². The van der Waals surface area contributed by atoms with Gasteiger partial charge >= 0.3 is 0 Å². The molecule has 142 valence electrons. The fraction of sp³-hybridized carbons (Fsp3) is 0.300. The van der Waals surface area contributed by atoms with Crippen LogP contribution in [-0.4, -0.2) is 51.1 Å². The highest BCUT2D eigenvalue weighted by molar-refractivity contribution is 5.83. The predicted octanol–water partition coefficient (Wildman–Crippen LogP) is 2.59. The molecule has 1 aliphatic rings. The number of carbonyl (C=O) groups is 1. The van der Waals surface area contributed by atoms with Gasteiger partial charge in [0.15, 0.2) is 6.29 Å². The maximum atomic E-state index is 11.2. The molecule has 0 saturated heterocycles. The van der Waals surface area contributed by atoms with Gasteiger partial charge in [-0.3, -0.25) is 9.48 Å². The van der Waals surface area contributed by atoms with Gasteiger partial charge in [-0.1, -0.05) is 6.07 Å². The van der Waals surface area contributed by atoms with Crippen molar-refractivity contribution in [1.82, 2.24) is 14.7 Å². The molecule has 2 N–H and O–H groups in total. The third-order valence-electron chi connectivity index (χ3n) is 4.43. The molecule has 0 spiro atoms. The zero-order valence-corrected chi connectivity index (χ0v) is 15.5. The van der Waals surface area contributed by atoms with E-state index in [1.807, 2.05) is 30.8 Å². The Kier molecular flexibility index (Phi) is 5.32. The summed E-state index contributed by atoms with van der Waals surface area (Å²) in [5.41, 5.74) is 2.65. The lowest BCUT2D eigenvalue weighted by atomic mass is 10.00. The minimum atomic E-state index is -0.780. The van der Waals surface area contributed by atoms with E-state index in [0.29, 0.717) is 6.29 Å². The number of rotatable bonds is 6. The summed E-state index contributed by atoms with van der Waals surface area (Å²) in [6, 6.07) is 6.75. The molecule has 1 atom stereocenters. The molecular formula is C20H23N3O4. The number of likely N-dealkylation sites (N-methyl/N-ethyl adjacent to an activating group) is 1. The number of aliphatic hydroxyl groups excluding tert-OH is 1. The summed E-state index contributed by atoms with van der Waals surface area (Å²) in [5.74, 6) is 0.157. The van der Waals surface area contributed by atoms with Crippen molar-refractivity contribution in [3.05, 3.63) is 59.6 Å². The van der Waals surface area contributed by atoms with Gasteiger partial charge in [-0.25, -0.2) is 0 Å². The third kappa shape index (κ3) is 3.73. The van der Waals surface area contributed by atoms with Crippen LogP contribution < -0.4 is 4.74 Å². The van der Waals surface area contributed by atoms with Crippen molar-refractivity contribution in [3.8, 4) is 11.5 Å². The Hall–Kier alpha value is -3.06. The first-order chi connectivity index (χ1) is 12.9. The van der Waals surface area contributed by atoms with Gasteiger partial charge in [-0.05, 0) is 38.1 Å². The van der Waals surface area contributed by atoms with Gasteiger partial charge in [0.05, 0.1) is 11.3 Å². The van der Waals surface area contributed by atoms with Gasteiger partial charge in [0.1, 0.15) is 24.3 Å². The van der Waals surface area contributed by atoms with Crippen LogP contribution in [0.2, 0.25) is 0 Å². The Morgan fingerprint density at radius 1 is 1.33 bits per heavy atom. The van der Waals surface area contributed by atoms with E-state index in [2.05, 4.69) is 5.10 Å². The number of nitrogens with zero attached hydrogens (tertiary/aromatic N) is 3. The van der Waals surface area contributed by atoms with Crippen molar-refractivity contribution in [1.29, 1.82) is 0 Å². The lowest BCUT2D eigenvalue weighted by Gasteiger charge is -2.28. The molecule has 1 unspecified atom stereocenters. The standard InChI is InChI=1S/C20H23N3O4/c1-13(2)23-17(7-8-21-23)15-10-22(3)20(26)9-14(15)12-27-19-6-4-5-18(25)16(19)11-24/h4-11,13,20,25-26H,12H2,1-3H3. The van der Waals surface area contributed by atoms with Crippen molar-refractivity contribution in [2.45, 2.75) is 26.1 Å². The molecule has 0 amide bonds. The van der Waals surface area contributed by atoms with Crippen LogP contribution in [0.15, 0.2) is 48.3 Å². The predicted molar refractivity (Wildman–Crippen MR) is 101 cm³/mol. The second-order valence-corrected chi connectivity index (χ2v) is 6.66. The topological polar surface area (TPSA) is 87.8 Å². The van der Waals surface area contributed by atoms with Crippen LogP contribution in [0.25, 0.3) is 5.57 Å². The highest BCUT2D eigenvalue weighted by atomic mass is 16.5. The van der Waals surface area contributed by atoms with Crippen molar-refractivity contribution >= 4 is 11.9 Å². The molecule has 3 rings (SSSR count). The second-order valence-electron chi connectivity index (χ2n) is 6.66. The summed E-state index contributed by atoms with van der Waals surface area (Å²) in [6.07, 6.45) is 5.07. The molecule has 1 aromatic heterocycles. The van der Waals surface area contributed by atoms with Crippen molar-refractivity contribution in [2.24, 2.45) is 0 Å². The summed E-state index contributed by atoms with van der Waals surface area (Å²) < 4.78 is 7.70. The van der Waals surface area contributed by atoms with Crippen LogP contribution in [-0.2, 0) is 0 Å². The SMILES string of the molecule is CC(C)n1nccc1C1=CN(C)C(O)C=C1COc1cccc(O)c1C=O. The van der Waals surface area contributed by atoms with Gasteiger partial charge in [0.25, 0.3) is 0 Å². The Morgan fingerprint density at radius 2 is 2.11 bits per heavy atom. The average molecular weight is 369 g/mol. The molecule has 0 saturated carbocycles. The number of carbonyl (C=O) groups excluding carboxylic acids is 1. The van der Waals surface area contributed by atoms with E-state index >= 15 is 0 Å². The molecule has 0 radical (unpaired) electrons. The van der Waals surface area contributed by atoms with Crippen LogP contribution in [0.1, 0.15) is 35.9 Å². The van der Waals surface area contributed by atoms with E-state index in [0.717, 1.165) is 16.8 Å². The number of benzene rings is 1.